The summed E-state index contributed by atoms with van der Waals surface area (Å²) in [5.41, 5.74) is 5.12. The number of nitrogens with one attached hydrogen (secondary N) is 2. The topological polar surface area (TPSA) is 78.5 Å². The van der Waals surface area contributed by atoms with E-state index in [1.807, 2.05) is 68.4 Å². The Morgan fingerprint density at radius 1 is 0.906 bits per heavy atom. The van der Waals surface area contributed by atoms with Crippen molar-refractivity contribution in [2.45, 2.75) is 26.3 Å². The first-order valence-corrected chi connectivity index (χ1v) is 12.2. The quantitative estimate of drug-likeness (QED) is 0.575. The molecular weight excluding hydrogens is 422 g/mol. The molecule has 6 nitrogen and oxygen atoms in total. The summed E-state index contributed by atoms with van der Waals surface area (Å²) in [5, 5.41) is 6.32. The van der Waals surface area contributed by atoms with Crippen LogP contribution in [0, 0.1) is 13.8 Å². The van der Waals surface area contributed by atoms with Gasteiger partial charge in [0.2, 0.25) is 10.0 Å². The van der Waals surface area contributed by atoms with Crippen molar-refractivity contribution >= 4 is 33.0 Å². The van der Waals surface area contributed by atoms with Gasteiger partial charge in [0.15, 0.2) is 0 Å². The minimum Gasteiger partial charge on any atom is -0.370 e. The molecule has 3 aromatic carbocycles. The van der Waals surface area contributed by atoms with Crippen LogP contribution in [-0.2, 0) is 14.8 Å². The standard InChI is InChI=1S/C25H27N3O3S/c1-18-15-19(2)17-22(16-18)27-25(29)24(20-7-4-3-5-8-20)26-21-9-11-23(12-10-21)28-13-6-14-32(28,30)31/h3-5,7-12,15-17,24,26H,6,13-14H2,1-2H3,(H,27,29). The van der Waals surface area contributed by atoms with Gasteiger partial charge < -0.3 is 10.6 Å². The van der Waals surface area contributed by atoms with Crippen molar-refractivity contribution in [3.63, 3.8) is 0 Å². The third-order valence-corrected chi connectivity index (χ3v) is 7.32. The molecule has 3 aromatic rings. The van der Waals surface area contributed by atoms with E-state index in [4.69, 9.17) is 0 Å². The van der Waals surface area contributed by atoms with Crippen LogP contribution in [0.15, 0.2) is 72.8 Å². The Morgan fingerprint density at radius 2 is 1.56 bits per heavy atom. The highest BCUT2D eigenvalue weighted by atomic mass is 32.2. The molecule has 0 aliphatic carbocycles. The molecule has 166 valence electrons. The third-order valence-electron chi connectivity index (χ3n) is 5.45. The van der Waals surface area contributed by atoms with E-state index in [0.29, 0.717) is 18.7 Å². The molecule has 0 saturated carbocycles. The molecule has 7 heteroatoms. The lowest BCUT2D eigenvalue weighted by Gasteiger charge is -2.21. The molecule has 2 N–H and O–H groups in total. The maximum Gasteiger partial charge on any atom is 0.251 e. The first-order valence-electron chi connectivity index (χ1n) is 10.6. The highest BCUT2D eigenvalue weighted by Gasteiger charge is 2.28. The van der Waals surface area contributed by atoms with Gasteiger partial charge in [-0.25, -0.2) is 8.42 Å². The number of aryl methyl sites for hydroxylation is 2. The van der Waals surface area contributed by atoms with Crippen LogP contribution in [0.2, 0.25) is 0 Å². The summed E-state index contributed by atoms with van der Waals surface area (Å²) in [4.78, 5) is 13.2. The molecule has 1 atom stereocenters. The second kappa shape index (κ2) is 9.04. The van der Waals surface area contributed by atoms with Crippen LogP contribution < -0.4 is 14.9 Å². The van der Waals surface area contributed by atoms with Crippen molar-refractivity contribution in [2.75, 3.05) is 27.2 Å². The summed E-state index contributed by atoms with van der Waals surface area (Å²) in [5.74, 6) is 0.00852. The van der Waals surface area contributed by atoms with Crippen LogP contribution in [0.25, 0.3) is 0 Å². The van der Waals surface area contributed by atoms with Gasteiger partial charge in [0, 0.05) is 17.9 Å². The molecule has 1 fully saturated rings. The molecule has 1 amide bonds. The zero-order valence-electron chi connectivity index (χ0n) is 18.2. The Hall–Kier alpha value is -3.32. The number of amides is 1. The number of carbonyl (C=O) groups excluding carboxylic acids is 1. The largest absolute Gasteiger partial charge is 0.370 e. The third kappa shape index (κ3) is 4.94. The van der Waals surface area contributed by atoms with E-state index in [9.17, 15) is 13.2 Å². The van der Waals surface area contributed by atoms with Gasteiger partial charge in [-0.2, -0.15) is 0 Å². The molecule has 1 heterocycles. The van der Waals surface area contributed by atoms with Crippen LogP contribution in [0.1, 0.15) is 29.2 Å². The smallest absolute Gasteiger partial charge is 0.251 e. The van der Waals surface area contributed by atoms with Crippen molar-refractivity contribution in [1.29, 1.82) is 0 Å². The van der Waals surface area contributed by atoms with E-state index >= 15 is 0 Å². The molecule has 1 aliphatic heterocycles. The monoisotopic (exact) mass is 449 g/mol. The first kappa shape index (κ1) is 21.9. The Balaban J connectivity index is 1.57. The van der Waals surface area contributed by atoms with Gasteiger partial charge in [-0.05, 0) is 73.4 Å². The minimum atomic E-state index is -3.23. The molecule has 0 aromatic heterocycles. The van der Waals surface area contributed by atoms with Crippen LogP contribution in [0.5, 0.6) is 0 Å². The van der Waals surface area contributed by atoms with E-state index < -0.39 is 16.1 Å². The first-order chi connectivity index (χ1) is 15.3. The molecule has 32 heavy (non-hydrogen) atoms. The zero-order chi connectivity index (χ0) is 22.7. The van der Waals surface area contributed by atoms with Crippen LogP contribution in [-0.4, -0.2) is 26.6 Å². The summed E-state index contributed by atoms with van der Waals surface area (Å²) in [6.45, 7) is 4.50. The number of benzene rings is 3. The lowest BCUT2D eigenvalue weighted by Crippen LogP contribution is -2.27. The van der Waals surface area contributed by atoms with Gasteiger partial charge in [-0.1, -0.05) is 36.4 Å². The van der Waals surface area contributed by atoms with E-state index in [-0.39, 0.29) is 11.7 Å². The molecule has 0 bridgehead atoms. The van der Waals surface area contributed by atoms with Crippen molar-refractivity contribution in [2.24, 2.45) is 0 Å². The Bertz CT molecular complexity index is 1190. The molecule has 0 radical (unpaired) electrons. The van der Waals surface area contributed by atoms with E-state index in [2.05, 4.69) is 16.7 Å². The highest BCUT2D eigenvalue weighted by molar-refractivity contribution is 7.93. The second-order valence-electron chi connectivity index (χ2n) is 8.14. The van der Waals surface area contributed by atoms with Gasteiger partial charge in [0.1, 0.15) is 6.04 Å². The molecule has 1 aliphatic rings. The van der Waals surface area contributed by atoms with Gasteiger partial charge in [-0.3, -0.25) is 9.10 Å². The molecule has 1 saturated heterocycles. The summed E-state index contributed by atoms with van der Waals surface area (Å²) in [7, 11) is -3.23. The van der Waals surface area contributed by atoms with E-state index in [0.717, 1.165) is 28.1 Å². The van der Waals surface area contributed by atoms with Gasteiger partial charge in [0.05, 0.1) is 11.4 Å². The molecule has 4 rings (SSSR count). The Kier molecular flexibility index (Phi) is 6.19. The number of nitrogens with zero attached hydrogens (tertiary/aromatic N) is 1. The van der Waals surface area contributed by atoms with E-state index in [1.165, 1.54) is 4.31 Å². The van der Waals surface area contributed by atoms with Gasteiger partial charge in [-0.15, -0.1) is 0 Å². The number of hydrogen-bond donors (Lipinski definition) is 2. The van der Waals surface area contributed by atoms with Crippen LogP contribution in [0.3, 0.4) is 0 Å². The minimum absolute atomic E-state index is 0.174. The number of rotatable bonds is 6. The number of anilines is 3. The van der Waals surface area contributed by atoms with Gasteiger partial charge in [0.25, 0.3) is 5.91 Å². The van der Waals surface area contributed by atoms with Gasteiger partial charge >= 0.3 is 0 Å². The fraction of sp³-hybridized carbons (Fsp3) is 0.240. The zero-order valence-corrected chi connectivity index (χ0v) is 19.0. The molecular formula is C25H27N3O3S. The maximum absolute atomic E-state index is 13.2. The van der Waals surface area contributed by atoms with Crippen LogP contribution >= 0.6 is 0 Å². The summed E-state index contributed by atoms with van der Waals surface area (Å²) in [6.07, 6.45) is 0.636. The number of carbonyl (C=O) groups is 1. The predicted molar refractivity (Wildman–Crippen MR) is 130 cm³/mol. The maximum atomic E-state index is 13.2. The van der Waals surface area contributed by atoms with Crippen LogP contribution in [0.4, 0.5) is 17.1 Å². The Morgan fingerprint density at radius 3 is 2.16 bits per heavy atom. The molecule has 0 spiro atoms. The Labute approximate surface area is 189 Å². The van der Waals surface area contributed by atoms with Crippen molar-refractivity contribution in [3.05, 3.63) is 89.5 Å². The number of hydrogen-bond acceptors (Lipinski definition) is 4. The summed E-state index contributed by atoms with van der Waals surface area (Å²) < 4.78 is 25.8. The normalized spacial score (nSPS) is 15.9. The number of sulfonamides is 1. The average Bonchev–Trinajstić information content (AvgIpc) is 3.11. The summed E-state index contributed by atoms with van der Waals surface area (Å²) in [6, 6.07) is 22.0. The SMILES string of the molecule is Cc1cc(C)cc(NC(=O)C(Nc2ccc(N3CCCS3(=O)=O)cc2)c2ccccc2)c1. The fourth-order valence-corrected chi connectivity index (χ4v) is 5.59. The lowest BCUT2D eigenvalue weighted by molar-refractivity contribution is -0.117. The van der Waals surface area contributed by atoms with Crippen molar-refractivity contribution < 1.29 is 13.2 Å². The van der Waals surface area contributed by atoms with Crippen molar-refractivity contribution in [1.82, 2.24) is 0 Å². The predicted octanol–water partition coefficient (Wildman–Crippen LogP) is 4.64. The average molecular weight is 450 g/mol. The fourth-order valence-electron chi connectivity index (χ4n) is 4.03. The van der Waals surface area contributed by atoms with Crippen molar-refractivity contribution in [3.8, 4) is 0 Å². The lowest BCUT2D eigenvalue weighted by atomic mass is 10.0. The highest BCUT2D eigenvalue weighted by Crippen LogP contribution is 2.28. The van der Waals surface area contributed by atoms with E-state index in [1.54, 1.807) is 12.1 Å². The molecule has 1 unspecified atom stereocenters. The second-order valence-corrected chi connectivity index (χ2v) is 10.2. The summed E-state index contributed by atoms with van der Waals surface area (Å²) >= 11 is 0.